The van der Waals surface area contributed by atoms with Crippen molar-refractivity contribution in [1.82, 2.24) is 0 Å². The van der Waals surface area contributed by atoms with Crippen LogP contribution in [0.15, 0.2) is 84.0 Å². The summed E-state index contributed by atoms with van der Waals surface area (Å²) in [6.45, 7) is 0.334. The van der Waals surface area contributed by atoms with Gasteiger partial charge < -0.3 is 4.74 Å². The predicted molar refractivity (Wildman–Crippen MR) is 102 cm³/mol. The zero-order valence-corrected chi connectivity index (χ0v) is 13.9. The number of hydrogen-bond acceptors (Lipinski definition) is 5. The number of para-hydroxylation sites is 1. The fourth-order valence-electron chi connectivity index (χ4n) is 2.26. The number of anilines is 1. The monoisotopic (exact) mass is 347 g/mol. The Morgan fingerprint density at radius 2 is 1.77 bits per heavy atom. The van der Waals surface area contributed by atoms with E-state index in [2.05, 4.69) is 10.5 Å². The molecule has 0 aliphatic carbocycles. The lowest BCUT2D eigenvalue weighted by atomic mass is 10.2. The molecule has 0 heterocycles. The van der Waals surface area contributed by atoms with Crippen LogP contribution in [0.5, 0.6) is 5.75 Å². The number of hydrogen-bond donors (Lipinski definition) is 1. The maximum absolute atomic E-state index is 10.7. The van der Waals surface area contributed by atoms with Gasteiger partial charge in [-0.05, 0) is 47.5 Å². The molecule has 6 nitrogen and oxygen atoms in total. The molecule has 0 saturated carbocycles. The zero-order valence-electron chi connectivity index (χ0n) is 13.9. The molecule has 6 heteroatoms. The van der Waals surface area contributed by atoms with Gasteiger partial charge in [0.05, 0.1) is 16.8 Å². The number of non-ortho nitro benzene ring substituents is 1. The molecule has 130 valence electrons. The Morgan fingerprint density at radius 3 is 2.50 bits per heavy atom. The molecule has 0 atom stereocenters. The van der Waals surface area contributed by atoms with Crippen LogP contribution in [0.1, 0.15) is 11.1 Å². The normalized spacial score (nSPS) is 10.6. The van der Waals surface area contributed by atoms with Crippen LogP contribution in [-0.2, 0) is 6.61 Å². The van der Waals surface area contributed by atoms with Gasteiger partial charge in [-0.15, -0.1) is 0 Å². The van der Waals surface area contributed by atoms with Crippen molar-refractivity contribution in [3.8, 4) is 5.75 Å². The summed E-state index contributed by atoms with van der Waals surface area (Å²) in [6.07, 6.45) is 1.71. The Hall–Kier alpha value is -3.67. The van der Waals surface area contributed by atoms with E-state index < -0.39 is 4.92 Å². The van der Waals surface area contributed by atoms with Crippen molar-refractivity contribution < 1.29 is 9.66 Å². The highest BCUT2D eigenvalue weighted by molar-refractivity contribution is 5.80. The third-order valence-corrected chi connectivity index (χ3v) is 3.59. The number of nitro benzene ring substituents is 1. The molecule has 0 unspecified atom stereocenters. The summed E-state index contributed by atoms with van der Waals surface area (Å²) in [4.78, 5) is 10.2. The molecule has 26 heavy (non-hydrogen) atoms. The SMILES string of the molecule is O=[N+]([O-])c1ccc(COc2cccc(/C=N\Nc3ccccc3)c2)cc1. The zero-order chi connectivity index (χ0) is 18.2. The molecule has 0 bridgehead atoms. The van der Waals surface area contributed by atoms with E-state index in [1.807, 2.05) is 54.6 Å². The third kappa shape index (κ3) is 4.91. The van der Waals surface area contributed by atoms with Crippen molar-refractivity contribution >= 4 is 17.6 Å². The van der Waals surface area contributed by atoms with Crippen molar-refractivity contribution in [1.29, 1.82) is 0 Å². The van der Waals surface area contributed by atoms with Crippen molar-refractivity contribution in [3.63, 3.8) is 0 Å². The van der Waals surface area contributed by atoms with Gasteiger partial charge in [0, 0.05) is 12.1 Å². The molecule has 0 fully saturated rings. The Labute approximate surface area is 150 Å². The van der Waals surface area contributed by atoms with Gasteiger partial charge in [0.1, 0.15) is 12.4 Å². The molecule has 0 aromatic heterocycles. The lowest BCUT2D eigenvalue weighted by Crippen LogP contribution is -1.97. The minimum Gasteiger partial charge on any atom is -0.489 e. The van der Waals surface area contributed by atoms with E-state index in [1.54, 1.807) is 18.3 Å². The minimum atomic E-state index is -0.420. The maximum atomic E-state index is 10.7. The number of nitrogens with zero attached hydrogens (tertiary/aromatic N) is 2. The first kappa shape index (κ1) is 17.2. The maximum Gasteiger partial charge on any atom is 0.269 e. The third-order valence-electron chi connectivity index (χ3n) is 3.59. The van der Waals surface area contributed by atoms with Crippen LogP contribution < -0.4 is 10.2 Å². The lowest BCUT2D eigenvalue weighted by Gasteiger charge is -2.07. The van der Waals surface area contributed by atoms with E-state index in [-0.39, 0.29) is 5.69 Å². The van der Waals surface area contributed by atoms with Crippen LogP contribution in [0.3, 0.4) is 0 Å². The van der Waals surface area contributed by atoms with Gasteiger partial charge in [0.25, 0.3) is 5.69 Å². The Bertz CT molecular complexity index is 894. The number of benzene rings is 3. The highest BCUT2D eigenvalue weighted by Crippen LogP contribution is 2.16. The molecular formula is C20H17N3O3. The second-order valence-corrected chi connectivity index (χ2v) is 5.52. The van der Waals surface area contributed by atoms with E-state index in [0.717, 1.165) is 16.8 Å². The number of nitrogens with one attached hydrogen (secondary N) is 1. The molecule has 0 radical (unpaired) electrons. The fraction of sp³-hybridized carbons (Fsp3) is 0.0500. The first-order valence-corrected chi connectivity index (χ1v) is 8.01. The van der Waals surface area contributed by atoms with E-state index in [4.69, 9.17) is 4.74 Å². The van der Waals surface area contributed by atoms with Crippen LogP contribution in [-0.4, -0.2) is 11.1 Å². The van der Waals surface area contributed by atoms with Gasteiger partial charge in [0.15, 0.2) is 0 Å². The molecular weight excluding hydrogens is 330 g/mol. The van der Waals surface area contributed by atoms with Gasteiger partial charge in [0.2, 0.25) is 0 Å². The lowest BCUT2D eigenvalue weighted by molar-refractivity contribution is -0.384. The Balaban J connectivity index is 1.57. The van der Waals surface area contributed by atoms with Crippen molar-refractivity contribution in [2.45, 2.75) is 6.61 Å². The number of nitro groups is 1. The predicted octanol–water partition coefficient (Wildman–Crippen LogP) is 4.62. The summed E-state index contributed by atoms with van der Waals surface area (Å²) >= 11 is 0. The van der Waals surface area contributed by atoms with Gasteiger partial charge in [-0.25, -0.2) is 0 Å². The first-order chi connectivity index (χ1) is 12.7. The summed E-state index contributed by atoms with van der Waals surface area (Å²) in [5.41, 5.74) is 5.70. The molecule has 0 saturated heterocycles. The molecule has 3 rings (SSSR count). The quantitative estimate of drug-likeness (QED) is 0.384. The van der Waals surface area contributed by atoms with E-state index >= 15 is 0 Å². The molecule has 3 aromatic rings. The van der Waals surface area contributed by atoms with Gasteiger partial charge in [-0.3, -0.25) is 15.5 Å². The van der Waals surface area contributed by atoms with Crippen molar-refractivity contribution in [2.75, 3.05) is 5.43 Å². The standard InChI is InChI=1S/C20H17N3O3/c24-23(25)19-11-9-16(10-12-19)15-26-20-8-4-5-17(13-20)14-21-22-18-6-2-1-3-7-18/h1-14,22H,15H2/b21-14-. The largest absolute Gasteiger partial charge is 0.489 e. The highest BCUT2D eigenvalue weighted by atomic mass is 16.6. The van der Waals surface area contributed by atoms with Crippen LogP contribution >= 0.6 is 0 Å². The number of rotatable bonds is 7. The van der Waals surface area contributed by atoms with Gasteiger partial charge >= 0.3 is 0 Å². The van der Waals surface area contributed by atoms with Crippen LogP contribution in [0.2, 0.25) is 0 Å². The summed E-state index contributed by atoms with van der Waals surface area (Å²) < 4.78 is 5.75. The molecule has 0 aliphatic rings. The van der Waals surface area contributed by atoms with Crippen LogP contribution in [0.25, 0.3) is 0 Å². The van der Waals surface area contributed by atoms with E-state index in [0.29, 0.717) is 12.4 Å². The first-order valence-electron chi connectivity index (χ1n) is 8.01. The van der Waals surface area contributed by atoms with Crippen molar-refractivity contribution in [3.05, 3.63) is 100 Å². The topological polar surface area (TPSA) is 76.8 Å². The molecule has 0 spiro atoms. The van der Waals surface area contributed by atoms with E-state index in [9.17, 15) is 10.1 Å². The summed E-state index contributed by atoms with van der Waals surface area (Å²) in [5.74, 6) is 0.701. The summed E-state index contributed by atoms with van der Waals surface area (Å²) in [5, 5.41) is 14.9. The molecule has 1 N–H and O–H groups in total. The van der Waals surface area contributed by atoms with Crippen LogP contribution in [0.4, 0.5) is 11.4 Å². The molecule has 0 aliphatic heterocycles. The molecule has 0 amide bonds. The summed E-state index contributed by atoms with van der Waals surface area (Å²) in [7, 11) is 0. The van der Waals surface area contributed by atoms with Crippen LogP contribution in [0, 0.1) is 10.1 Å². The average Bonchev–Trinajstić information content (AvgIpc) is 2.68. The van der Waals surface area contributed by atoms with E-state index in [1.165, 1.54) is 12.1 Å². The second-order valence-electron chi connectivity index (χ2n) is 5.52. The minimum absolute atomic E-state index is 0.0675. The highest BCUT2D eigenvalue weighted by Gasteiger charge is 2.04. The smallest absolute Gasteiger partial charge is 0.269 e. The summed E-state index contributed by atoms with van der Waals surface area (Å²) in [6, 6.07) is 23.5. The second kappa shape index (κ2) is 8.43. The average molecular weight is 347 g/mol. The number of hydrazone groups is 1. The molecule has 3 aromatic carbocycles. The van der Waals surface area contributed by atoms with Crippen molar-refractivity contribution in [2.24, 2.45) is 5.10 Å². The Kier molecular flexibility index (Phi) is 5.57. The Morgan fingerprint density at radius 1 is 1.00 bits per heavy atom. The number of ether oxygens (including phenoxy) is 1. The van der Waals surface area contributed by atoms with Gasteiger partial charge in [-0.2, -0.15) is 5.10 Å². The van der Waals surface area contributed by atoms with Gasteiger partial charge in [-0.1, -0.05) is 30.3 Å². The fourth-order valence-corrected chi connectivity index (χ4v) is 2.26.